The molecule has 1 aliphatic heterocycles. The van der Waals surface area contributed by atoms with E-state index in [1.165, 1.54) is 7.11 Å². The zero-order valence-electron chi connectivity index (χ0n) is 17.3. The highest BCUT2D eigenvalue weighted by Crippen LogP contribution is 2.31. The van der Waals surface area contributed by atoms with Gasteiger partial charge in [0.05, 0.1) is 25.3 Å². The molecule has 0 aromatic heterocycles. The number of para-hydroxylation sites is 1. The molecular weight excluding hydrogens is 466 g/mol. The van der Waals surface area contributed by atoms with Gasteiger partial charge in [-0.3, -0.25) is 25.2 Å². The number of hydrogen-bond acceptors (Lipinski definition) is 5. The van der Waals surface area contributed by atoms with E-state index in [9.17, 15) is 14.4 Å². The molecule has 1 unspecified atom stereocenters. The fraction of sp³-hybridized carbons (Fsp3) is 0.318. The van der Waals surface area contributed by atoms with Crippen LogP contribution in [0.3, 0.4) is 0 Å². The second-order valence-electron chi connectivity index (χ2n) is 7.01. The van der Waals surface area contributed by atoms with Crippen molar-refractivity contribution in [3.8, 4) is 11.5 Å². The maximum absolute atomic E-state index is 12.5. The Bertz CT molecular complexity index is 981. The van der Waals surface area contributed by atoms with Crippen LogP contribution in [0.5, 0.6) is 11.5 Å². The van der Waals surface area contributed by atoms with Crippen molar-refractivity contribution < 1.29 is 23.9 Å². The average Bonchev–Trinajstić information content (AvgIpc) is 3.17. The van der Waals surface area contributed by atoms with Gasteiger partial charge in [-0.2, -0.15) is 0 Å². The number of carbonyl (C=O) groups excluding carboxylic acids is 3. The third kappa shape index (κ3) is 5.35. The van der Waals surface area contributed by atoms with Gasteiger partial charge in [0.15, 0.2) is 11.5 Å². The number of carbonyl (C=O) groups is 3. The fourth-order valence-corrected chi connectivity index (χ4v) is 3.72. The lowest BCUT2D eigenvalue weighted by Crippen LogP contribution is -2.45. The smallest absolute Gasteiger partial charge is 0.269 e. The highest BCUT2D eigenvalue weighted by Gasteiger charge is 2.36. The van der Waals surface area contributed by atoms with E-state index < -0.39 is 17.7 Å². The highest BCUT2D eigenvalue weighted by atomic mass is 79.9. The molecule has 1 fully saturated rings. The number of anilines is 1. The predicted molar refractivity (Wildman–Crippen MR) is 119 cm³/mol. The van der Waals surface area contributed by atoms with E-state index >= 15 is 0 Å². The van der Waals surface area contributed by atoms with Crippen molar-refractivity contribution in [2.45, 2.75) is 19.8 Å². The lowest BCUT2D eigenvalue weighted by atomic mass is 10.1. The number of rotatable bonds is 7. The topological polar surface area (TPSA) is 97.0 Å². The molecule has 1 saturated heterocycles. The molecule has 2 N–H and O–H groups in total. The third-order valence-electron chi connectivity index (χ3n) is 4.83. The molecule has 0 aliphatic carbocycles. The minimum atomic E-state index is -0.570. The normalized spacial score (nSPS) is 15.5. The Kier molecular flexibility index (Phi) is 7.51. The molecule has 2 aromatic rings. The summed E-state index contributed by atoms with van der Waals surface area (Å²) < 4.78 is 11.6. The van der Waals surface area contributed by atoms with Gasteiger partial charge in [0.1, 0.15) is 0 Å². The monoisotopic (exact) mass is 489 g/mol. The van der Waals surface area contributed by atoms with E-state index in [0.717, 1.165) is 10.9 Å². The zero-order chi connectivity index (χ0) is 22.4. The van der Waals surface area contributed by atoms with Crippen molar-refractivity contribution in [3.05, 3.63) is 52.5 Å². The Morgan fingerprint density at radius 1 is 1.16 bits per heavy atom. The second-order valence-corrected chi connectivity index (χ2v) is 7.87. The fourth-order valence-electron chi connectivity index (χ4n) is 3.22. The van der Waals surface area contributed by atoms with Crippen molar-refractivity contribution in [1.29, 1.82) is 0 Å². The first-order valence-electron chi connectivity index (χ1n) is 9.90. The van der Waals surface area contributed by atoms with Crippen LogP contribution in [0.15, 0.2) is 46.9 Å². The number of amides is 3. The molecule has 0 saturated carbocycles. The minimum absolute atomic E-state index is 0.0698. The van der Waals surface area contributed by atoms with Crippen molar-refractivity contribution >= 4 is 39.3 Å². The van der Waals surface area contributed by atoms with Gasteiger partial charge in [0.25, 0.3) is 5.91 Å². The number of nitrogens with one attached hydrogen (secondary N) is 2. The number of ether oxygens (including phenoxy) is 2. The van der Waals surface area contributed by atoms with Gasteiger partial charge in [-0.1, -0.05) is 19.1 Å². The van der Waals surface area contributed by atoms with Gasteiger partial charge in [0.2, 0.25) is 11.8 Å². The van der Waals surface area contributed by atoms with E-state index in [2.05, 4.69) is 26.8 Å². The summed E-state index contributed by atoms with van der Waals surface area (Å²) in [5.41, 5.74) is 5.83. The lowest BCUT2D eigenvalue weighted by molar-refractivity contribution is -0.126. The maximum Gasteiger partial charge on any atom is 0.269 e. The van der Waals surface area contributed by atoms with Gasteiger partial charge in [-0.05, 0) is 52.7 Å². The van der Waals surface area contributed by atoms with Gasteiger partial charge < -0.3 is 14.4 Å². The predicted octanol–water partition coefficient (Wildman–Crippen LogP) is 3.06. The number of methoxy groups -OCH3 is 1. The summed E-state index contributed by atoms with van der Waals surface area (Å²) in [5.74, 6) is -0.670. The minimum Gasteiger partial charge on any atom is -0.493 e. The first-order valence-corrected chi connectivity index (χ1v) is 10.7. The van der Waals surface area contributed by atoms with Crippen LogP contribution in [0.2, 0.25) is 0 Å². The first kappa shape index (κ1) is 22.6. The number of halogens is 1. The van der Waals surface area contributed by atoms with E-state index in [1.807, 2.05) is 31.2 Å². The zero-order valence-corrected chi connectivity index (χ0v) is 18.9. The summed E-state index contributed by atoms with van der Waals surface area (Å²) in [7, 11) is 1.49. The lowest BCUT2D eigenvalue weighted by Gasteiger charge is -2.18. The second kappa shape index (κ2) is 10.3. The van der Waals surface area contributed by atoms with Gasteiger partial charge >= 0.3 is 0 Å². The van der Waals surface area contributed by atoms with E-state index in [1.54, 1.807) is 23.1 Å². The molecule has 31 heavy (non-hydrogen) atoms. The molecule has 164 valence electrons. The molecule has 2 aromatic carbocycles. The van der Waals surface area contributed by atoms with Crippen LogP contribution in [-0.4, -0.2) is 38.0 Å². The molecule has 1 heterocycles. The Morgan fingerprint density at radius 3 is 2.65 bits per heavy atom. The summed E-state index contributed by atoms with van der Waals surface area (Å²) in [6.07, 6.45) is 0.917. The van der Waals surface area contributed by atoms with Crippen LogP contribution in [-0.2, 0) is 9.59 Å². The largest absolute Gasteiger partial charge is 0.493 e. The Labute approximate surface area is 189 Å². The van der Waals surface area contributed by atoms with Crippen molar-refractivity contribution in [2.24, 2.45) is 5.92 Å². The van der Waals surface area contributed by atoms with Gasteiger partial charge in [-0.15, -0.1) is 0 Å². The van der Waals surface area contributed by atoms with Crippen LogP contribution in [0.1, 0.15) is 30.1 Å². The third-order valence-corrected chi connectivity index (χ3v) is 5.50. The number of benzene rings is 2. The summed E-state index contributed by atoms with van der Waals surface area (Å²) in [6.45, 7) is 2.77. The summed E-state index contributed by atoms with van der Waals surface area (Å²) >= 11 is 3.43. The SMILES string of the molecule is CCCOc1ccc(C(=O)NNC(=O)C2CC(=O)N(c3ccccc3Br)C2)cc1OC. The molecule has 0 spiro atoms. The summed E-state index contributed by atoms with van der Waals surface area (Å²) in [5, 5.41) is 0. The summed E-state index contributed by atoms with van der Waals surface area (Å²) in [4.78, 5) is 38.9. The molecule has 1 aliphatic rings. The van der Waals surface area contributed by atoms with Crippen molar-refractivity contribution in [1.82, 2.24) is 10.9 Å². The molecule has 8 nitrogen and oxygen atoms in total. The molecule has 0 radical (unpaired) electrons. The maximum atomic E-state index is 12.5. The molecule has 0 bridgehead atoms. The quantitative estimate of drug-likeness (QED) is 0.582. The van der Waals surface area contributed by atoms with Crippen molar-refractivity contribution in [2.75, 3.05) is 25.2 Å². The Morgan fingerprint density at radius 2 is 1.94 bits per heavy atom. The number of nitrogens with zero attached hydrogens (tertiary/aromatic N) is 1. The number of hydrazine groups is 1. The van der Waals surface area contributed by atoms with Crippen LogP contribution in [0, 0.1) is 5.92 Å². The van der Waals surface area contributed by atoms with E-state index in [-0.39, 0.29) is 18.9 Å². The molecule has 3 rings (SSSR count). The van der Waals surface area contributed by atoms with Crippen LogP contribution in [0.4, 0.5) is 5.69 Å². The van der Waals surface area contributed by atoms with Gasteiger partial charge in [0, 0.05) is 23.0 Å². The average molecular weight is 490 g/mol. The van der Waals surface area contributed by atoms with E-state index in [4.69, 9.17) is 9.47 Å². The molecular formula is C22H24BrN3O5. The molecule has 1 atom stereocenters. The van der Waals surface area contributed by atoms with Crippen LogP contribution in [0.25, 0.3) is 0 Å². The van der Waals surface area contributed by atoms with E-state index in [0.29, 0.717) is 29.4 Å². The molecule has 3 amide bonds. The molecule has 9 heteroatoms. The first-order chi connectivity index (χ1) is 14.9. The highest BCUT2D eigenvalue weighted by molar-refractivity contribution is 9.10. The van der Waals surface area contributed by atoms with Crippen molar-refractivity contribution in [3.63, 3.8) is 0 Å². The Hall–Kier alpha value is -3.07. The standard InChI is InChI=1S/C22H24BrN3O5/c1-3-10-31-18-9-8-14(11-19(18)30-2)21(28)24-25-22(29)15-12-20(27)26(13-15)17-7-5-4-6-16(17)23/h4-9,11,15H,3,10,12-13H2,1-2H3,(H,24,28)(H,25,29). The van der Waals surface area contributed by atoms with Crippen LogP contribution >= 0.6 is 15.9 Å². The summed E-state index contributed by atoms with van der Waals surface area (Å²) in [6, 6.07) is 12.1. The Balaban J connectivity index is 1.59. The van der Waals surface area contributed by atoms with Gasteiger partial charge in [-0.25, -0.2) is 0 Å². The number of hydrogen-bond donors (Lipinski definition) is 2. The van der Waals surface area contributed by atoms with Crippen LogP contribution < -0.4 is 25.2 Å².